The zero-order valence-corrected chi connectivity index (χ0v) is 12.5. The third-order valence-corrected chi connectivity index (χ3v) is 13.0. The largest absolute Gasteiger partial charge is 0.300 e. The molecule has 0 saturated carbocycles. The Morgan fingerprint density at radius 2 is 2.00 bits per heavy atom. The monoisotopic (exact) mass is 260 g/mol. The maximum atomic E-state index is 11.4. The minimum Gasteiger partial charge on any atom is -0.300 e. The predicted octanol–water partition coefficient (Wildman–Crippen LogP) is 3.50. The van der Waals surface area contributed by atoms with E-state index in [9.17, 15) is 4.79 Å². The van der Waals surface area contributed by atoms with Crippen molar-refractivity contribution in [1.29, 1.82) is 0 Å². The van der Waals surface area contributed by atoms with Crippen molar-refractivity contribution in [2.24, 2.45) is 0 Å². The van der Waals surface area contributed by atoms with Crippen LogP contribution in [0.4, 0.5) is 0 Å². The number of rotatable bonds is 4. The summed E-state index contributed by atoms with van der Waals surface area (Å²) in [4.78, 5) is 11.4. The molecule has 1 heterocycles. The first-order chi connectivity index (χ1) is 6.93. The summed E-state index contributed by atoms with van der Waals surface area (Å²) in [7, 11) is -1.52. The molecule has 0 aromatic rings. The fraction of sp³-hybridized carbons (Fsp3) is 0.727. The topological polar surface area (TPSA) is 17.1 Å². The SMILES string of the molecule is C=C[Si](C)(C)C1(CC(C)=O)SCCCS1. The highest BCUT2D eigenvalue weighted by atomic mass is 32.2. The van der Waals surface area contributed by atoms with E-state index in [2.05, 4.69) is 25.4 Å². The molecule has 4 heteroatoms. The summed E-state index contributed by atoms with van der Waals surface area (Å²) in [5, 5.41) is 0. The van der Waals surface area contributed by atoms with Crippen molar-refractivity contribution in [3.63, 3.8) is 0 Å². The van der Waals surface area contributed by atoms with Crippen LogP contribution in [-0.2, 0) is 4.79 Å². The van der Waals surface area contributed by atoms with Crippen LogP contribution in [0, 0.1) is 0 Å². The summed E-state index contributed by atoms with van der Waals surface area (Å²) in [6.07, 6.45) is 1.99. The molecule has 0 amide bonds. The van der Waals surface area contributed by atoms with Crippen LogP contribution in [-0.4, -0.2) is 29.1 Å². The van der Waals surface area contributed by atoms with Gasteiger partial charge in [0.25, 0.3) is 0 Å². The molecular weight excluding hydrogens is 240 g/mol. The van der Waals surface area contributed by atoms with Crippen molar-refractivity contribution in [3.05, 3.63) is 12.3 Å². The number of hydrogen-bond acceptors (Lipinski definition) is 3. The summed E-state index contributed by atoms with van der Waals surface area (Å²) in [6, 6.07) is 0. The van der Waals surface area contributed by atoms with Crippen LogP contribution in [0.25, 0.3) is 0 Å². The summed E-state index contributed by atoms with van der Waals surface area (Å²) >= 11 is 4.01. The molecular formula is C11H20OS2Si. The van der Waals surface area contributed by atoms with Crippen LogP contribution in [0.2, 0.25) is 13.1 Å². The number of hydrogen-bond donors (Lipinski definition) is 0. The maximum Gasteiger partial charge on any atom is 0.131 e. The minimum atomic E-state index is -1.52. The molecule has 1 aliphatic rings. The molecule has 1 fully saturated rings. The molecule has 0 aromatic carbocycles. The van der Waals surface area contributed by atoms with Gasteiger partial charge in [-0.05, 0) is 24.9 Å². The Morgan fingerprint density at radius 1 is 1.47 bits per heavy atom. The van der Waals surface area contributed by atoms with Gasteiger partial charge in [0.1, 0.15) is 13.9 Å². The van der Waals surface area contributed by atoms with Gasteiger partial charge in [-0.1, -0.05) is 18.8 Å². The molecule has 0 bridgehead atoms. The highest BCUT2D eigenvalue weighted by Gasteiger charge is 2.47. The van der Waals surface area contributed by atoms with Gasteiger partial charge in [0.2, 0.25) is 0 Å². The number of carbonyl (C=O) groups is 1. The standard InChI is InChI=1S/C11H20OS2Si/c1-5-15(3,4)11(9-10(2)12)13-7-6-8-14-11/h5H,1,6-9H2,2-4H3. The first kappa shape index (κ1) is 13.4. The van der Waals surface area contributed by atoms with Gasteiger partial charge in [0.05, 0.1) is 3.70 Å². The molecule has 0 aliphatic carbocycles. The third kappa shape index (κ3) is 2.92. The normalized spacial score (nSPS) is 21.0. The van der Waals surface area contributed by atoms with Gasteiger partial charge in [-0.25, -0.2) is 0 Å². The molecule has 1 rings (SSSR count). The van der Waals surface area contributed by atoms with Gasteiger partial charge >= 0.3 is 0 Å². The van der Waals surface area contributed by atoms with Crippen molar-refractivity contribution >= 4 is 37.4 Å². The minimum absolute atomic E-state index is 0.152. The fourth-order valence-corrected chi connectivity index (χ4v) is 9.73. The second-order valence-electron chi connectivity index (χ2n) is 4.61. The summed E-state index contributed by atoms with van der Waals surface area (Å²) in [5.74, 6) is 2.72. The number of carbonyl (C=O) groups excluding carboxylic acids is 1. The molecule has 1 aliphatic heterocycles. The van der Waals surface area contributed by atoms with Crippen molar-refractivity contribution in [2.45, 2.75) is 36.6 Å². The lowest BCUT2D eigenvalue weighted by atomic mass is 10.3. The maximum absolute atomic E-state index is 11.4. The van der Waals surface area contributed by atoms with E-state index in [-0.39, 0.29) is 3.70 Å². The van der Waals surface area contributed by atoms with E-state index in [0.717, 1.165) is 0 Å². The van der Waals surface area contributed by atoms with E-state index in [1.807, 2.05) is 23.5 Å². The number of ketones is 1. The Hall–Kier alpha value is 0.327. The highest BCUT2D eigenvalue weighted by molar-refractivity contribution is 8.21. The zero-order chi connectivity index (χ0) is 11.5. The second kappa shape index (κ2) is 5.10. The molecule has 0 spiro atoms. The van der Waals surface area contributed by atoms with E-state index in [4.69, 9.17) is 0 Å². The fourth-order valence-electron chi connectivity index (χ4n) is 1.76. The van der Waals surface area contributed by atoms with Gasteiger partial charge in [-0.3, -0.25) is 4.79 Å². The van der Waals surface area contributed by atoms with Crippen LogP contribution in [0.3, 0.4) is 0 Å². The van der Waals surface area contributed by atoms with Crippen LogP contribution < -0.4 is 0 Å². The second-order valence-corrected chi connectivity index (χ2v) is 13.1. The molecule has 0 unspecified atom stereocenters. The molecule has 15 heavy (non-hydrogen) atoms. The van der Waals surface area contributed by atoms with Crippen molar-refractivity contribution < 1.29 is 4.79 Å². The third-order valence-electron chi connectivity index (χ3n) is 2.93. The van der Waals surface area contributed by atoms with Gasteiger partial charge in [0, 0.05) is 6.42 Å². The van der Waals surface area contributed by atoms with E-state index < -0.39 is 8.07 Å². The molecule has 0 N–H and O–H groups in total. The van der Waals surface area contributed by atoms with Gasteiger partial charge in [0.15, 0.2) is 0 Å². The molecule has 86 valence electrons. The Bertz CT molecular complexity index is 257. The quantitative estimate of drug-likeness (QED) is 0.720. The summed E-state index contributed by atoms with van der Waals surface area (Å²) < 4.78 is 0.152. The first-order valence-electron chi connectivity index (χ1n) is 5.34. The zero-order valence-electron chi connectivity index (χ0n) is 9.84. The Balaban J connectivity index is 2.93. The van der Waals surface area contributed by atoms with Crippen molar-refractivity contribution in [1.82, 2.24) is 0 Å². The van der Waals surface area contributed by atoms with Crippen molar-refractivity contribution in [3.8, 4) is 0 Å². The average molecular weight is 260 g/mol. The Kier molecular flexibility index (Phi) is 4.56. The van der Waals surface area contributed by atoms with Crippen molar-refractivity contribution in [2.75, 3.05) is 11.5 Å². The van der Waals surface area contributed by atoms with Crippen LogP contribution in [0.1, 0.15) is 19.8 Å². The average Bonchev–Trinajstić information content (AvgIpc) is 2.18. The lowest BCUT2D eigenvalue weighted by Crippen LogP contribution is -2.50. The van der Waals surface area contributed by atoms with Crippen LogP contribution in [0.15, 0.2) is 12.3 Å². The number of thioether (sulfide) groups is 2. The molecule has 0 radical (unpaired) electrons. The van der Waals surface area contributed by atoms with Crippen LogP contribution in [0.5, 0.6) is 0 Å². The molecule has 1 saturated heterocycles. The highest BCUT2D eigenvalue weighted by Crippen LogP contribution is 2.51. The van der Waals surface area contributed by atoms with E-state index in [1.165, 1.54) is 17.9 Å². The smallest absolute Gasteiger partial charge is 0.131 e. The molecule has 0 atom stereocenters. The first-order valence-corrected chi connectivity index (χ1v) is 10.4. The summed E-state index contributed by atoms with van der Waals surface area (Å²) in [6.45, 7) is 10.4. The van der Waals surface area contributed by atoms with Gasteiger partial charge in [-0.15, -0.1) is 30.1 Å². The van der Waals surface area contributed by atoms with E-state index in [1.54, 1.807) is 6.92 Å². The molecule has 1 nitrogen and oxygen atoms in total. The Morgan fingerprint density at radius 3 is 2.40 bits per heavy atom. The number of Topliss-reactive ketones (excluding diaryl/α,β-unsaturated/α-hetero) is 1. The van der Waals surface area contributed by atoms with E-state index >= 15 is 0 Å². The van der Waals surface area contributed by atoms with E-state index in [0.29, 0.717) is 12.2 Å². The summed E-state index contributed by atoms with van der Waals surface area (Å²) in [5.41, 5.74) is 2.14. The lowest BCUT2D eigenvalue weighted by molar-refractivity contribution is -0.116. The van der Waals surface area contributed by atoms with Gasteiger partial charge < -0.3 is 0 Å². The van der Waals surface area contributed by atoms with Crippen LogP contribution >= 0.6 is 23.5 Å². The lowest BCUT2D eigenvalue weighted by Gasteiger charge is -2.44. The Labute approximate surface area is 102 Å². The van der Waals surface area contributed by atoms with Gasteiger partial charge in [-0.2, -0.15) is 0 Å². The predicted molar refractivity (Wildman–Crippen MR) is 75.2 cm³/mol. The molecule has 0 aromatic heterocycles.